The number of hydrogen-bond acceptors (Lipinski definition) is 9. The lowest BCUT2D eigenvalue weighted by Gasteiger charge is -2.40. The Balaban J connectivity index is 1.60. The van der Waals surface area contributed by atoms with E-state index in [0.29, 0.717) is 40.1 Å². The molecule has 12 heteroatoms. The number of pyridine rings is 2. The molecule has 0 aromatic carbocycles. The number of amides is 1. The summed E-state index contributed by atoms with van der Waals surface area (Å²) >= 11 is 6.32. The first-order chi connectivity index (χ1) is 18.4. The van der Waals surface area contributed by atoms with Gasteiger partial charge in [-0.05, 0) is 37.3 Å². The molecule has 4 heterocycles. The summed E-state index contributed by atoms with van der Waals surface area (Å²) in [5.41, 5.74) is 6.71. The Morgan fingerprint density at radius 1 is 1.18 bits per heavy atom. The number of anilines is 2. The Morgan fingerprint density at radius 2 is 2.00 bits per heavy atom. The number of aromatic nitrogens is 4. The molecule has 2 aliphatic rings. The highest BCUT2D eigenvalue weighted by Crippen LogP contribution is 2.38. The molecule has 1 unspecified atom stereocenters. The van der Waals surface area contributed by atoms with Gasteiger partial charge in [0, 0.05) is 44.1 Å². The second-order valence-corrected chi connectivity index (χ2v) is 10.5. The molecular formula is C26H33ClN8O3. The molecule has 38 heavy (non-hydrogen) atoms. The number of halogens is 1. The van der Waals surface area contributed by atoms with Crippen LogP contribution in [0.3, 0.4) is 0 Å². The van der Waals surface area contributed by atoms with E-state index < -0.39 is 5.76 Å². The van der Waals surface area contributed by atoms with Crippen LogP contribution < -0.4 is 16.5 Å². The maximum atomic E-state index is 12.6. The van der Waals surface area contributed by atoms with E-state index in [0.717, 1.165) is 18.7 Å². The molecule has 3 N–H and O–H groups in total. The summed E-state index contributed by atoms with van der Waals surface area (Å²) in [7, 11) is 1.83. The van der Waals surface area contributed by atoms with E-state index in [1.807, 2.05) is 18.1 Å². The number of hydrazine groups is 1. The van der Waals surface area contributed by atoms with Crippen molar-refractivity contribution in [2.45, 2.75) is 51.5 Å². The van der Waals surface area contributed by atoms with E-state index in [1.165, 1.54) is 32.1 Å². The van der Waals surface area contributed by atoms with Crippen LogP contribution in [0.25, 0.3) is 22.8 Å². The molecule has 1 aliphatic carbocycles. The molecule has 0 spiro atoms. The molecule has 5 rings (SSSR count). The maximum absolute atomic E-state index is 12.6. The van der Waals surface area contributed by atoms with Crippen molar-refractivity contribution in [1.29, 1.82) is 0 Å². The molecule has 1 saturated heterocycles. The standard InChI is InChI=1S/C26H33ClN8O3/c1-3-19-14-34(2)22(36)15-35(19)32-20-10-21(25-31-26(37)38-33-25)30-23(17-9-18(27)13-28-12-17)24(20)29-11-16-7-5-4-6-8-16/h9-10,12-13,16,19,29H,3-8,11,14-15H2,1-2H3,(H,30,32)(H,31,33,37). The first-order valence-electron chi connectivity index (χ1n) is 13.1. The normalized spacial score (nSPS) is 19.1. The van der Waals surface area contributed by atoms with Gasteiger partial charge in [-0.2, -0.15) is 0 Å². The Labute approximate surface area is 225 Å². The first kappa shape index (κ1) is 26.2. The van der Waals surface area contributed by atoms with E-state index in [2.05, 4.69) is 32.8 Å². The van der Waals surface area contributed by atoms with Crippen molar-refractivity contribution in [2.75, 3.05) is 37.4 Å². The van der Waals surface area contributed by atoms with Gasteiger partial charge in [0.05, 0.1) is 28.6 Å². The van der Waals surface area contributed by atoms with Crippen molar-refractivity contribution in [2.24, 2.45) is 5.92 Å². The number of aromatic amines is 1. The van der Waals surface area contributed by atoms with E-state index in [4.69, 9.17) is 21.1 Å². The van der Waals surface area contributed by atoms with E-state index in [1.54, 1.807) is 23.4 Å². The number of piperazine rings is 1. The third-order valence-corrected chi connectivity index (χ3v) is 7.57. The predicted octanol–water partition coefficient (Wildman–Crippen LogP) is 4.01. The Hall–Kier alpha value is -3.44. The fourth-order valence-electron chi connectivity index (χ4n) is 5.21. The fraction of sp³-hybridized carbons (Fsp3) is 0.500. The van der Waals surface area contributed by atoms with Crippen molar-refractivity contribution < 1.29 is 9.32 Å². The van der Waals surface area contributed by atoms with Crippen LogP contribution in [-0.4, -0.2) is 68.6 Å². The minimum absolute atomic E-state index is 0.0355. The lowest BCUT2D eigenvalue weighted by atomic mass is 9.89. The SMILES string of the molecule is CCC1CN(C)C(=O)CN1Nc1cc(-c2noc(=O)[nH]2)nc(-c2cncc(Cl)c2)c1NCC1CCCCC1. The number of nitrogens with one attached hydrogen (secondary N) is 3. The van der Waals surface area contributed by atoms with E-state index in [9.17, 15) is 9.59 Å². The van der Waals surface area contributed by atoms with Gasteiger partial charge in [-0.25, -0.2) is 14.8 Å². The maximum Gasteiger partial charge on any atom is 0.439 e. The molecule has 1 atom stereocenters. The number of likely N-dealkylation sites (N-methyl/N-ethyl adjacent to an activating group) is 1. The van der Waals surface area contributed by atoms with Crippen molar-refractivity contribution >= 4 is 28.9 Å². The second kappa shape index (κ2) is 11.5. The summed E-state index contributed by atoms with van der Waals surface area (Å²) in [5, 5.41) is 9.97. The van der Waals surface area contributed by atoms with Crippen LogP contribution >= 0.6 is 11.6 Å². The first-order valence-corrected chi connectivity index (χ1v) is 13.5. The van der Waals surface area contributed by atoms with Crippen LogP contribution in [0.5, 0.6) is 0 Å². The van der Waals surface area contributed by atoms with Crippen molar-refractivity contribution in [3.05, 3.63) is 40.1 Å². The predicted molar refractivity (Wildman–Crippen MR) is 146 cm³/mol. The summed E-state index contributed by atoms with van der Waals surface area (Å²) in [4.78, 5) is 37.8. The molecule has 3 aromatic rings. The van der Waals surface area contributed by atoms with Crippen LogP contribution in [-0.2, 0) is 4.79 Å². The molecule has 2 fully saturated rings. The summed E-state index contributed by atoms with van der Waals surface area (Å²) in [5.74, 6) is 0.127. The van der Waals surface area contributed by atoms with Crippen LogP contribution in [0, 0.1) is 5.92 Å². The Kier molecular flexibility index (Phi) is 7.94. The van der Waals surface area contributed by atoms with Gasteiger partial charge in [0.2, 0.25) is 11.7 Å². The van der Waals surface area contributed by atoms with Gasteiger partial charge in [0.25, 0.3) is 0 Å². The molecule has 1 amide bonds. The molecule has 0 bridgehead atoms. The summed E-state index contributed by atoms with van der Waals surface area (Å²) in [6, 6.07) is 3.73. The quantitative estimate of drug-likeness (QED) is 0.387. The van der Waals surface area contributed by atoms with Gasteiger partial charge in [-0.15, -0.1) is 0 Å². The summed E-state index contributed by atoms with van der Waals surface area (Å²) in [6.45, 7) is 3.74. The van der Waals surface area contributed by atoms with Gasteiger partial charge in [0.15, 0.2) is 0 Å². The molecule has 3 aromatic heterocycles. The minimum Gasteiger partial charge on any atom is -0.381 e. The van der Waals surface area contributed by atoms with E-state index in [-0.39, 0.29) is 24.3 Å². The number of H-pyrrole nitrogens is 1. The second-order valence-electron chi connectivity index (χ2n) is 10.1. The molecular weight excluding hydrogens is 508 g/mol. The average molecular weight is 541 g/mol. The molecule has 0 radical (unpaired) electrons. The third-order valence-electron chi connectivity index (χ3n) is 7.37. The van der Waals surface area contributed by atoms with Crippen LogP contribution in [0.1, 0.15) is 45.4 Å². The highest BCUT2D eigenvalue weighted by molar-refractivity contribution is 6.30. The molecule has 1 aliphatic heterocycles. The van der Waals surface area contributed by atoms with E-state index >= 15 is 0 Å². The molecule has 11 nitrogen and oxygen atoms in total. The van der Waals surface area contributed by atoms with Crippen molar-refractivity contribution in [3.8, 4) is 22.8 Å². The Morgan fingerprint density at radius 3 is 2.71 bits per heavy atom. The topological polar surface area (TPSA) is 132 Å². The monoisotopic (exact) mass is 540 g/mol. The lowest BCUT2D eigenvalue weighted by Crippen LogP contribution is -2.56. The van der Waals surface area contributed by atoms with Crippen LogP contribution in [0.4, 0.5) is 11.4 Å². The van der Waals surface area contributed by atoms with Crippen LogP contribution in [0.2, 0.25) is 5.02 Å². The van der Waals surface area contributed by atoms with Crippen molar-refractivity contribution in [1.82, 2.24) is 30.0 Å². The number of hydrogen-bond donors (Lipinski definition) is 3. The number of carbonyl (C=O) groups is 1. The number of nitrogens with zero attached hydrogens (tertiary/aromatic N) is 5. The van der Waals surface area contributed by atoms with Gasteiger partial charge < -0.3 is 15.6 Å². The third kappa shape index (κ3) is 5.83. The fourth-order valence-corrected chi connectivity index (χ4v) is 5.38. The zero-order valence-corrected chi connectivity index (χ0v) is 22.4. The average Bonchev–Trinajstić information content (AvgIpc) is 3.36. The smallest absolute Gasteiger partial charge is 0.381 e. The highest BCUT2D eigenvalue weighted by Gasteiger charge is 2.30. The summed E-state index contributed by atoms with van der Waals surface area (Å²) < 4.78 is 4.76. The Bertz CT molecular complexity index is 1340. The van der Waals surface area contributed by atoms with Crippen molar-refractivity contribution in [3.63, 3.8) is 0 Å². The van der Waals surface area contributed by atoms with Gasteiger partial charge in [-0.1, -0.05) is 42.9 Å². The van der Waals surface area contributed by atoms with Gasteiger partial charge >= 0.3 is 5.76 Å². The number of rotatable bonds is 8. The number of carbonyl (C=O) groups excluding carboxylic acids is 1. The zero-order valence-electron chi connectivity index (χ0n) is 21.7. The minimum atomic E-state index is -0.669. The zero-order chi connectivity index (χ0) is 26.6. The summed E-state index contributed by atoms with van der Waals surface area (Å²) in [6.07, 6.45) is 10.2. The van der Waals surface area contributed by atoms with Gasteiger partial charge in [0.1, 0.15) is 5.69 Å². The lowest BCUT2D eigenvalue weighted by molar-refractivity contribution is -0.136. The van der Waals surface area contributed by atoms with Gasteiger partial charge in [-0.3, -0.25) is 19.3 Å². The molecule has 202 valence electrons. The largest absolute Gasteiger partial charge is 0.439 e. The highest BCUT2D eigenvalue weighted by atomic mass is 35.5. The van der Waals surface area contributed by atoms with Crippen LogP contribution in [0.15, 0.2) is 33.8 Å². The molecule has 1 saturated carbocycles.